The minimum absolute atomic E-state index is 0.187. The van der Waals surface area contributed by atoms with Crippen LogP contribution in [0.1, 0.15) is 16.1 Å². The fourth-order valence-corrected chi connectivity index (χ4v) is 2.96. The summed E-state index contributed by atoms with van der Waals surface area (Å²) < 4.78 is 1.54. The standard InChI is InChI=1S/C21H16N2O2/c24-21(25)20-13-19(22-23(20)14-15-6-2-1-3-7-15)18-11-10-16-8-4-5-9-17(16)12-18/h1-13H,14H2,(H,24,25). The van der Waals surface area contributed by atoms with Gasteiger partial charge in [-0.2, -0.15) is 5.10 Å². The minimum atomic E-state index is -0.976. The molecule has 1 aromatic heterocycles. The summed E-state index contributed by atoms with van der Waals surface area (Å²) in [7, 11) is 0. The molecule has 0 aliphatic heterocycles. The number of carboxylic acid groups (broad SMARTS) is 1. The molecule has 0 saturated heterocycles. The summed E-state index contributed by atoms with van der Waals surface area (Å²) in [6.07, 6.45) is 0. The average molecular weight is 328 g/mol. The van der Waals surface area contributed by atoms with E-state index in [0.717, 1.165) is 21.9 Å². The molecule has 0 amide bonds. The van der Waals surface area contributed by atoms with E-state index in [2.05, 4.69) is 11.2 Å². The maximum absolute atomic E-state index is 11.6. The minimum Gasteiger partial charge on any atom is -0.477 e. The van der Waals surface area contributed by atoms with Crippen LogP contribution >= 0.6 is 0 Å². The Hall–Kier alpha value is -3.40. The lowest BCUT2D eigenvalue weighted by Crippen LogP contribution is -2.10. The van der Waals surface area contributed by atoms with E-state index in [1.165, 1.54) is 0 Å². The van der Waals surface area contributed by atoms with Crippen LogP contribution in [0.2, 0.25) is 0 Å². The van der Waals surface area contributed by atoms with Crippen LogP contribution in [0, 0.1) is 0 Å². The molecule has 0 spiro atoms. The summed E-state index contributed by atoms with van der Waals surface area (Å²) in [5.74, 6) is -0.976. The Morgan fingerprint density at radius 3 is 2.36 bits per heavy atom. The molecule has 25 heavy (non-hydrogen) atoms. The summed E-state index contributed by atoms with van der Waals surface area (Å²) in [6.45, 7) is 0.427. The van der Waals surface area contributed by atoms with Crippen molar-refractivity contribution in [1.82, 2.24) is 9.78 Å². The fraction of sp³-hybridized carbons (Fsp3) is 0.0476. The Kier molecular flexibility index (Phi) is 3.78. The van der Waals surface area contributed by atoms with Crippen molar-refractivity contribution in [3.63, 3.8) is 0 Å². The second-order valence-electron chi connectivity index (χ2n) is 5.93. The molecule has 0 unspecified atom stereocenters. The van der Waals surface area contributed by atoms with E-state index >= 15 is 0 Å². The molecule has 0 aliphatic carbocycles. The first-order valence-corrected chi connectivity index (χ1v) is 8.05. The van der Waals surface area contributed by atoms with E-state index in [4.69, 9.17) is 0 Å². The predicted molar refractivity (Wildman–Crippen MR) is 97.7 cm³/mol. The highest BCUT2D eigenvalue weighted by molar-refractivity contribution is 5.89. The van der Waals surface area contributed by atoms with Gasteiger partial charge in [0.1, 0.15) is 5.69 Å². The molecule has 1 heterocycles. The third-order valence-corrected chi connectivity index (χ3v) is 4.22. The summed E-state index contributed by atoms with van der Waals surface area (Å²) in [6, 6.07) is 25.5. The highest BCUT2D eigenvalue weighted by Crippen LogP contribution is 2.24. The molecule has 1 N–H and O–H groups in total. The van der Waals surface area contributed by atoms with Crippen molar-refractivity contribution < 1.29 is 9.90 Å². The number of carboxylic acids is 1. The lowest BCUT2D eigenvalue weighted by molar-refractivity contribution is 0.0684. The molecule has 4 nitrogen and oxygen atoms in total. The van der Waals surface area contributed by atoms with Crippen molar-refractivity contribution in [2.75, 3.05) is 0 Å². The molecule has 4 rings (SSSR count). The van der Waals surface area contributed by atoms with E-state index in [1.54, 1.807) is 10.7 Å². The Balaban J connectivity index is 1.76. The second-order valence-corrected chi connectivity index (χ2v) is 5.93. The molecular weight excluding hydrogens is 312 g/mol. The third-order valence-electron chi connectivity index (χ3n) is 4.22. The van der Waals surface area contributed by atoms with Gasteiger partial charge in [-0.25, -0.2) is 4.79 Å². The Morgan fingerprint density at radius 2 is 1.60 bits per heavy atom. The molecule has 0 saturated carbocycles. The fourth-order valence-electron chi connectivity index (χ4n) is 2.96. The molecule has 0 bridgehead atoms. The van der Waals surface area contributed by atoms with Gasteiger partial charge in [-0.15, -0.1) is 0 Å². The summed E-state index contributed by atoms with van der Waals surface area (Å²) in [5.41, 5.74) is 2.78. The smallest absolute Gasteiger partial charge is 0.354 e. The number of fused-ring (bicyclic) bond motifs is 1. The molecule has 4 aromatic rings. The van der Waals surface area contributed by atoms with E-state index in [1.807, 2.05) is 66.7 Å². The first kappa shape index (κ1) is 15.1. The summed E-state index contributed by atoms with van der Waals surface area (Å²) in [4.78, 5) is 11.6. The van der Waals surface area contributed by atoms with Crippen LogP contribution in [0.3, 0.4) is 0 Å². The molecule has 0 aliphatic rings. The summed E-state index contributed by atoms with van der Waals surface area (Å²) >= 11 is 0. The number of aromatic carboxylic acids is 1. The van der Waals surface area contributed by atoms with Gasteiger partial charge >= 0.3 is 5.97 Å². The molecule has 0 fully saturated rings. The number of aromatic nitrogens is 2. The first-order chi connectivity index (χ1) is 12.2. The SMILES string of the molecule is O=C(O)c1cc(-c2ccc3ccccc3c2)nn1Cc1ccccc1. The van der Waals surface area contributed by atoms with Crippen molar-refractivity contribution >= 4 is 16.7 Å². The van der Waals surface area contributed by atoms with Crippen LogP contribution in [0.25, 0.3) is 22.0 Å². The topological polar surface area (TPSA) is 55.1 Å². The second kappa shape index (κ2) is 6.24. The molecular formula is C21H16N2O2. The number of hydrogen-bond donors (Lipinski definition) is 1. The van der Waals surface area contributed by atoms with E-state index in [-0.39, 0.29) is 5.69 Å². The maximum Gasteiger partial charge on any atom is 0.354 e. The highest BCUT2D eigenvalue weighted by atomic mass is 16.4. The monoisotopic (exact) mass is 328 g/mol. The lowest BCUT2D eigenvalue weighted by Gasteiger charge is -2.04. The number of benzene rings is 3. The molecule has 3 aromatic carbocycles. The third kappa shape index (κ3) is 3.02. The van der Waals surface area contributed by atoms with Gasteiger partial charge in [-0.3, -0.25) is 4.68 Å². The van der Waals surface area contributed by atoms with Crippen LogP contribution < -0.4 is 0 Å². The average Bonchev–Trinajstić information content (AvgIpc) is 3.06. The van der Waals surface area contributed by atoms with Crippen LogP contribution in [0.5, 0.6) is 0 Å². The van der Waals surface area contributed by atoms with Crippen molar-refractivity contribution in [2.24, 2.45) is 0 Å². The molecule has 122 valence electrons. The van der Waals surface area contributed by atoms with Crippen molar-refractivity contribution in [3.8, 4) is 11.3 Å². The van der Waals surface area contributed by atoms with E-state index in [0.29, 0.717) is 12.2 Å². The number of carbonyl (C=O) groups is 1. The van der Waals surface area contributed by atoms with Gasteiger partial charge in [0, 0.05) is 5.56 Å². The van der Waals surface area contributed by atoms with Gasteiger partial charge in [0.25, 0.3) is 0 Å². The van der Waals surface area contributed by atoms with Gasteiger partial charge in [-0.05, 0) is 28.5 Å². The Bertz CT molecular complexity index is 1050. The molecule has 4 heteroatoms. The van der Waals surface area contributed by atoms with Crippen LogP contribution in [-0.4, -0.2) is 20.9 Å². The first-order valence-electron chi connectivity index (χ1n) is 8.05. The maximum atomic E-state index is 11.6. The van der Waals surface area contributed by atoms with Gasteiger partial charge in [0.05, 0.1) is 12.2 Å². The largest absolute Gasteiger partial charge is 0.477 e. The van der Waals surface area contributed by atoms with Crippen LogP contribution in [0.4, 0.5) is 0 Å². The van der Waals surface area contributed by atoms with Crippen LogP contribution in [-0.2, 0) is 6.54 Å². The van der Waals surface area contributed by atoms with E-state index < -0.39 is 5.97 Å². The Labute approximate surface area is 145 Å². The summed E-state index contributed by atoms with van der Waals surface area (Å²) in [5, 5.41) is 16.3. The van der Waals surface area contributed by atoms with Gasteiger partial charge < -0.3 is 5.11 Å². The zero-order chi connectivity index (χ0) is 17.2. The Morgan fingerprint density at radius 1 is 0.880 bits per heavy atom. The number of rotatable bonds is 4. The van der Waals surface area contributed by atoms with Gasteiger partial charge in [-0.1, -0.05) is 66.7 Å². The van der Waals surface area contributed by atoms with E-state index in [9.17, 15) is 9.90 Å². The quantitative estimate of drug-likeness (QED) is 0.602. The zero-order valence-corrected chi connectivity index (χ0v) is 13.5. The highest BCUT2D eigenvalue weighted by Gasteiger charge is 2.15. The zero-order valence-electron chi connectivity index (χ0n) is 13.5. The lowest BCUT2D eigenvalue weighted by atomic mass is 10.1. The van der Waals surface area contributed by atoms with Crippen molar-refractivity contribution in [2.45, 2.75) is 6.54 Å². The van der Waals surface area contributed by atoms with Crippen molar-refractivity contribution in [3.05, 3.63) is 90.1 Å². The number of nitrogens with zero attached hydrogens (tertiary/aromatic N) is 2. The predicted octanol–water partition coefficient (Wildman–Crippen LogP) is 4.45. The number of hydrogen-bond acceptors (Lipinski definition) is 2. The van der Waals surface area contributed by atoms with Gasteiger partial charge in [0.2, 0.25) is 0 Å². The molecule has 0 radical (unpaired) electrons. The van der Waals surface area contributed by atoms with Crippen molar-refractivity contribution in [1.29, 1.82) is 0 Å². The molecule has 0 atom stereocenters. The van der Waals surface area contributed by atoms with Crippen LogP contribution in [0.15, 0.2) is 78.9 Å². The normalized spacial score (nSPS) is 10.9. The van der Waals surface area contributed by atoms with Gasteiger partial charge in [0.15, 0.2) is 0 Å².